The maximum atomic E-state index is 12.7. The van der Waals surface area contributed by atoms with E-state index in [0.717, 1.165) is 23.0 Å². The van der Waals surface area contributed by atoms with E-state index < -0.39 is 17.6 Å². The minimum atomic E-state index is -4.45. The van der Waals surface area contributed by atoms with E-state index >= 15 is 0 Å². The molecule has 0 spiro atoms. The Hall–Kier alpha value is -2.89. The molecule has 0 saturated carbocycles. The predicted octanol–water partition coefficient (Wildman–Crippen LogP) is 4.51. The van der Waals surface area contributed by atoms with E-state index in [2.05, 4.69) is 10.3 Å². The van der Waals surface area contributed by atoms with Crippen LogP contribution in [0.25, 0.3) is 10.9 Å². The zero-order valence-electron chi connectivity index (χ0n) is 11.8. The van der Waals surface area contributed by atoms with E-state index in [0.29, 0.717) is 5.56 Å². The number of fused-ring (bicyclic) bond motifs is 1. The van der Waals surface area contributed by atoms with Crippen LogP contribution >= 0.6 is 0 Å². The van der Waals surface area contributed by atoms with Gasteiger partial charge < -0.3 is 5.32 Å². The van der Waals surface area contributed by atoms with Crippen LogP contribution < -0.4 is 5.32 Å². The van der Waals surface area contributed by atoms with Gasteiger partial charge in [-0.25, -0.2) is 0 Å². The number of aromatic nitrogens is 1. The van der Waals surface area contributed by atoms with E-state index in [1.54, 1.807) is 30.5 Å². The Bertz CT molecular complexity index is 875. The molecule has 0 fully saturated rings. The van der Waals surface area contributed by atoms with Gasteiger partial charge in [0.1, 0.15) is 0 Å². The number of halogens is 3. The second-order valence-corrected chi connectivity index (χ2v) is 4.94. The molecule has 23 heavy (non-hydrogen) atoms. The first-order valence-corrected chi connectivity index (χ1v) is 6.77. The average molecular weight is 316 g/mol. The SMILES string of the molecule is O=C(Nc1cccc(C(F)(F)F)c1)c1ccc2ncccc2c1. The van der Waals surface area contributed by atoms with Crippen LogP contribution in [0.4, 0.5) is 18.9 Å². The van der Waals surface area contributed by atoms with E-state index in [-0.39, 0.29) is 5.69 Å². The Morgan fingerprint density at radius 1 is 1.00 bits per heavy atom. The summed E-state index contributed by atoms with van der Waals surface area (Å²) in [6.45, 7) is 0. The van der Waals surface area contributed by atoms with Crippen LogP contribution in [0.1, 0.15) is 15.9 Å². The third-order valence-corrected chi connectivity index (χ3v) is 3.31. The van der Waals surface area contributed by atoms with Crippen molar-refractivity contribution in [3.8, 4) is 0 Å². The van der Waals surface area contributed by atoms with Crippen molar-refractivity contribution < 1.29 is 18.0 Å². The molecular formula is C17H11F3N2O. The van der Waals surface area contributed by atoms with Gasteiger partial charge in [-0.3, -0.25) is 9.78 Å². The number of nitrogens with one attached hydrogen (secondary N) is 1. The zero-order chi connectivity index (χ0) is 16.4. The van der Waals surface area contributed by atoms with Crippen molar-refractivity contribution in [2.24, 2.45) is 0 Å². The van der Waals surface area contributed by atoms with Crippen molar-refractivity contribution in [2.75, 3.05) is 5.32 Å². The fraction of sp³-hybridized carbons (Fsp3) is 0.0588. The first-order chi connectivity index (χ1) is 10.9. The number of carbonyl (C=O) groups is 1. The summed E-state index contributed by atoms with van der Waals surface area (Å²) in [4.78, 5) is 16.4. The number of amides is 1. The lowest BCUT2D eigenvalue weighted by molar-refractivity contribution is -0.137. The Kier molecular flexibility index (Phi) is 3.73. The van der Waals surface area contributed by atoms with Crippen molar-refractivity contribution in [3.63, 3.8) is 0 Å². The molecule has 0 aliphatic heterocycles. The molecule has 116 valence electrons. The van der Waals surface area contributed by atoms with E-state index in [4.69, 9.17) is 0 Å². The van der Waals surface area contributed by atoms with Gasteiger partial charge in [0, 0.05) is 22.8 Å². The van der Waals surface area contributed by atoms with E-state index in [1.807, 2.05) is 6.07 Å². The molecule has 3 rings (SSSR count). The highest BCUT2D eigenvalue weighted by Crippen LogP contribution is 2.30. The quantitative estimate of drug-likeness (QED) is 0.756. The van der Waals surface area contributed by atoms with Gasteiger partial charge in [0.25, 0.3) is 5.91 Å². The fourth-order valence-electron chi connectivity index (χ4n) is 2.19. The summed E-state index contributed by atoms with van der Waals surface area (Å²) < 4.78 is 38.0. The Morgan fingerprint density at radius 3 is 2.61 bits per heavy atom. The van der Waals surface area contributed by atoms with Crippen molar-refractivity contribution in [1.82, 2.24) is 4.98 Å². The van der Waals surface area contributed by atoms with Gasteiger partial charge in [0.05, 0.1) is 11.1 Å². The van der Waals surface area contributed by atoms with Gasteiger partial charge >= 0.3 is 6.18 Å². The summed E-state index contributed by atoms with van der Waals surface area (Å²) in [5.41, 5.74) is 0.375. The lowest BCUT2D eigenvalue weighted by Gasteiger charge is -2.10. The summed E-state index contributed by atoms with van der Waals surface area (Å²) in [6, 6.07) is 13.0. The number of pyridine rings is 1. The van der Waals surface area contributed by atoms with Gasteiger partial charge in [-0.2, -0.15) is 13.2 Å². The van der Waals surface area contributed by atoms with Crippen LogP contribution in [0.15, 0.2) is 60.8 Å². The molecule has 0 atom stereocenters. The van der Waals surface area contributed by atoms with Crippen LogP contribution in [0, 0.1) is 0 Å². The summed E-state index contributed by atoms with van der Waals surface area (Å²) in [7, 11) is 0. The van der Waals surface area contributed by atoms with Crippen molar-refractivity contribution in [1.29, 1.82) is 0 Å². The predicted molar refractivity (Wildman–Crippen MR) is 81.1 cm³/mol. The monoisotopic (exact) mass is 316 g/mol. The Labute approximate surface area is 129 Å². The third-order valence-electron chi connectivity index (χ3n) is 3.31. The van der Waals surface area contributed by atoms with Crippen molar-refractivity contribution >= 4 is 22.5 Å². The Balaban J connectivity index is 1.86. The highest BCUT2D eigenvalue weighted by Gasteiger charge is 2.30. The summed E-state index contributed by atoms with van der Waals surface area (Å²) in [5, 5.41) is 3.26. The standard InChI is InChI=1S/C17H11F3N2O/c18-17(19,20)13-4-1-5-14(10-13)22-16(23)12-6-7-15-11(9-12)3-2-8-21-15/h1-10H,(H,22,23). The number of anilines is 1. The molecule has 0 radical (unpaired) electrons. The number of alkyl halides is 3. The van der Waals surface area contributed by atoms with Gasteiger partial charge in [-0.1, -0.05) is 12.1 Å². The summed E-state index contributed by atoms with van der Waals surface area (Å²) >= 11 is 0. The molecule has 0 bridgehead atoms. The molecule has 1 amide bonds. The maximum absolute atomic E-state index is 12.7. The van der Waals surface area contributed by atoms with Crippen LogP contribution in [0.3, 0.4) is 0 Å². The molecule has 0 unspecified atom stereocenters. The summed E-state index contributed by atoms with van der Waals surface area (Å²) in [5.74, 6) is -0.477. The number of hydrogen-bond donors (Lipinski definition) is 1. The number of carbonyl (C=O) groups excluding carboxylic acids is 1. The van der Waals surface area contributed by atoms with Crippen molar-refractivity contribution in [2.45, 2.75) is 6.18 Å². The zero-order valence-corrected chi connectivity index (χ0v) is 11.8. The Morgan fingerprint density at radius 2 is 1.83 bits per heavy atom. The van der Waals surface area contributed by atoms with Crippen molar-refractivity contribution in [3.05, 3.63) is 71.9 Å². The molecule has 3 nitrogen and oxygen atoms in total. The number of rotatable bonds is 2. The third kappa shape index (κ3) is 3.31. The second-order valence-electron chi connectivity index (χ2n) is 4.94. The molecule has 0 saturated heterocycles. The van der Waals surface area contributed by atoms with Gasteiger partial charge in [-0.15, -0.1) is 0 Å². The van der Waals surface area contributed by atoms with Gasteiger partial charge in [0.2, 0.25) is 0 Å². The molecule has 2 aromatic carbocycles. The molecule has 0 aliphatic rings. The van der Waals surface area contributed by atoms with Crippen LogP contribution in [0.2, 0.25) is 0 Å². The second kappa shape index (κ2) is 5.72. The molecule has 3 aromatic rings. The summed E-state index contributed by atoms with van der Waals surface area (Å²) in [6.07, 6.45) is -2.81. The highest BCUT2D eigenvalue weighted by atomic mass is 19.4. The highest BCUT2D eigenvalue weighted by molar-refractivity contribution is 6.06. The fourth-order valence-corrected chi connectivity index (χ4v) is 2.19. The van der Waals surface area contributed by atoms with E-state index in [1.165, 1.54) is 12.1 Å². The molecule has 1 aromatic heterocycles. The minimum absolute atomic E-state index is 0.0936. The maximum Gasteiger partial charge on any atom is 0.416 e. The lowest BCUT2D eigenvalue weighted by Crippen LogP contribution is -2.13. The largest absolute Gasteiger partial charge is 0.416 e. The average Bonchev–Trinajstić information content (AvgIpc) is 2.54. The molecule has 0 aliphatic carbocycles. The topological polar surface area (TPSA) is 42.0 Å². The molecule has 6 heteroatoms. The molecule has 1 heterocycles. The molecular weight excluding hydrogens is 305 g/mol. The smallest absolute Gasteiger partial charge is 0.322 e. The number of benzene rings is 2. The number of nitrogens with zero attached hydrogens (tertiary/aromatic N) is 1. The van der Waals surface area contributed by atoms with Crippen LogP contribution in [-0.4, -0.2) is 10.9 Å². The van der Waals surface area contributed by atoms with Crippen LogP contribution in [0.5, 0.6) is 0 Å². The minimum Gasteiger partial charge on any atom is -0.322 e. The van der Waals surface area contributed by atoms with Crippen LogP contribution in [-0.2, 0) is 6.18 Å². The normalized spacial score (nSPS) is 11.4. The first kappa shape index (κ1) is 15.0. The van der Waals surface area contributed by atoms with Gasteiger partial charge in [-0.05, 0) is 42.5 Å². The lowest BCUT2D eigenvalue weighted by atomic mass is 10.1. The molecule has 1 N–H and O–H groups in total. The first-order valence-electron chi connectivity index (χ1n) is 6.77. The number of hydrogen-bond acceptors (Lipinski definition) is 2. The van der Waals surface area contributed by atoms with E-state index in [9.17, 15) is 18.0 Å². The van der Waals surface area contributed by atoms with Gasteiger partial charge in [0.15, 0.2) is 0 Å².